The van der Waals surface area contributed by atoms with Crippen molar-refractivity contribution in [1.29, 1.82) is 0 Å². The number of piperidine rings is 1. The largest absolute Gasteiger partial charge is 0.378 e. The summed E-state index contributed by atoms with van der Waals surface area (Å²) in [6, 6.07) is 5.83. The first-order valence-electron chi connectivity index (χ1n) is 12.7. The molecular formula is C27H35F2N5O. The second-order valence-electron chi connectivity index (χ2n) is 9.97. The molecule has 35 heavy (non-hydrogen) atoms. The lowest BCUT2D eigenvalue weighted by molar-refractivity contribution is 0.0101. The molecule has 3 aromatic rings. The summed E-state index contributed by atoms with van der Waals surface area (Å²) >= 11 is 0. The number of anilines is 1. The van der Waals surface area contributed by atoms with Crippen LogP contribution in [0.1, 0.15) is 43.0 Å². The lowest BCUT2D eigenvalue weighted by atomic mass is 9.96. The first-order chi connectivity index (χ1) is 16.9. The maximum absolute atomic E-state index is 15.2. The summed E-state index contributed by atoms with van der Waals surface area (Å²) in [5.74, 6) is 0.502. The standard InChI is InChI=1S/C27H35F2N5O/c1-5-18-13-20-17(3)25(24-12-16(2)33(4)32-24)27(31-26(20)21(28)14-18)34-9-6-19(7-10-34)30-23-8-11-35-15-22(23)29/h12-14,19,22-23,30H,5-11,15H2,1-4H3/t22-,23+/m0/s1. The Hall–Kier alpha value is -2.58. The van der Waals surface area contributed by atoms with Crippen LogP contribution in [-0.4, -0.2) is 59.3 Å². The van der Waals surface area contributed by atoms with Gasteiger partial charge in [-0.1, -0.05) is 6.92 Å². The zero-order valence-corrected chi connectivity index (χ0v) is 21.1. The second kappa shape index (κ2) is 9.82. The van der Waals surface area contributed by atoms with Gasteiger partial charge in [-0.25, -0.2) is 13.8 Å². The molecule has 0 saturated carbocycles. The molecule has 0 amide bonds. The fraction of sp³-hybridized carbons (Fsp3) is 0.556. The number of rotatable bonds is 5. The molecule has 2 aromatic heterocycles. The summed E-state index contributed by atoms with van der Waals surface area (Å²) in [7, 11) is 1.93. The summed E-state index contributed by atoms with van der Waals surface area (Å²) in [6.45, 7) is 8.42. The van der Waals surface area contributed by atoms with Crippen LogP contribution in [0.15, 0.2) is 18.2 Å². The van der Waals surface area contributed by atoms with E-state index in [9.17, 15) is 4.39 Å². The molecular weight excluding hydrogens is 448 g/mol. The van der Waals surface area contributed by atoms with Crippen molar-refractivity contribution in [1.82, 2.24) is 20.1 Å². The first kappa shape index (κ1) is 24.1. The van der Waals surface area contributed by atoms with Crippen molar-refractivity contribution in [2.75, 3.05) is 31.2 Å². The number of nitrogens with zero attached hydrogens (tertiary/aromatic N) is 4. The molecule has 2 aliphatic rings. The van der Waals surface area contributed by atoms with E-state index in [4.69, 9.17) is 14.8 Å². The highest BCUT2D eigenvalue weighted by Crippen LogP contribution is 2.38. The van der Waals surface area contributed by atoms with Gasteiger partial charge < -0.3 is 15.0 Å². The summed E-state index contributed by atoms with van der Waals surface area (Å²) in [6.07, 6.45) is 2.26. The molecule has 0 radical (unpaired) electrons. The van der Waals surface area contributed by atoms with Crippen LogP contribution < -0.4 is 10.2 Å². The molecule has 1 N–H and O–H groups in total. The minimum Gasteiger partial charge on any atom is -0.378 e. The Balaban J connectivity index is 1.49. The van der Waals surface area contributed by atoms with E-state index in [1.165, 1.54) is 0 Å². The van der Waals surface area contributed by atoms with Crippen molar-refractivity contribution < 1.29 is 13.5 Å². The van der Waals surface area contributed by atoms with Crippen molar-refractivity contribution in [2.24, 2.45) is 7.05 Å². The number of nitrogens with one attached hydrogen (secondary N) is 1. The molecule has 1 aromatic carbocycles. The third-order valence-corrected chi connectivity index (χ3v) is 7.65. The van der Waals surface area contributed by atoms with Gasteiger partial charge in [0.25, 0.3) is 0 Å². The van der Waals surface area contributed by atoms with Crippen LogP contribution in [0.2, 0.25) is 0 Å². The van der Waals surface area contributed by atoms with E-state index in [1.807, 2.05) is 32.5 Å². The molecule has 4 heterocycles. The molecule has 0 bridgehead atoms. The van der Waals surface area contributed by atoms with Crippen LogP contribution in [0.3, 0.4) is 0 Å². The molecule has 0 aliphatic carbocycles. The number of alkyl halides is 1. The van der Waals surface area contributed by atoms with E-state index in [0.29, 0.717) is 18.5 Å². The fourth-order valence-electron chi connectivity index (χ4n) is 5.39. The molecule has 2 saturated heterocycles. The number of aromatic nitrogens is 3. The Morgan fingerprint density at radius 2 is 1.91 bits per heavy atom. The SMILES string of the molecule is CCc1cc(F)c2nc(N3CCC(N[C@@H]4CCOC[C@@H]4F)CC3)c(-c3cc(C)n(C)n3)c(C)c2c1. The maximum atomic E-state index is 15.2. The van der Waals surface area contributed by atoms with Crippen LogP contribution in [0.25, 0.3) is 22.2 Å². The average molecular weight is 484 g/mol. The Labute approximate surface area is 205 Å². The highest BCUT2D eigenvalue weighted by atomic mass is 19.1. The third kappa shape index (κ3) is 4.66. The van der Waals surface area contributed by atoms with Gasteiger partial charge in [0.15, 0.2) is 0 Å². The fourth-order valence-corrected chi connectivity index (χ4v) is 5.39. The van der Waals surface area contributed by atoms with Gasteiger partial charge in [-0.2, -0.15) is 5.10 Å². The highest BCUT2D eigenvalue weighted by molar-refractivity contribution is 5.94. The van der Waals surface area contributed by atoms with Crippen LogP contribution in [-0.2, 0) is 18.2 Å². The number of pyridine rings is 1. The minimum absolute atomic E-state index is 0.143. The predicted octanol–water partition coefficient (Wildman–Crippen LogP) is 4.64. The topological polar surface area (TPSA) is 55.2 Å². The molecule has 8 heteroatoms. The molecule has 0 spiro atoms. The van der Waals surface area contributed by atoms with Crippen molar-refractivity contribution in [3.05, 3.63) is 40.8 Å². The zero-order chi connectivity index (χ0) is 24.7. The lowest BCUT2D eigenvalue weighted by Crippen LogP contribution is -2.52. The van der Waals surface area contributed by atoms with E-state index < -0.39 is 6.17 Å². The van der Waals surface area contributed by atoms with Gasteiger partial charge in [-0.15, -0.1) is 0 Å². The number of hydrogen-bond donors (Lipinski definition) is 1. The Bertz CT molecular complexity index is 1200. The van der Waals surface area contributed by atoms with Crippen LogP contribution >= 0.6 is 0 Å². The Kier molecular flexibility index (Phi) is 6.77. The maximum Gasteiger partial charge on any atom is 0.149 e. The number of aryl methyl sites for hydroxylation is 4. The van der Waals surface area contributed by atoms with Crippen molar-refractivity contribution >= 4 is 16.7 Å². The molecule has 5 rings (SSSR count). The summed E-state index contributed by atoms with van der Waals surface area (Å²) in [5, 5.41) is 9.12. The number of halogens is 2. The van der Waals surface area contributed by atoms with E-state index in [-0.39, 0.29) is 24.5 Å². The van der Waals surface area contributed by atoms with Gasteiger partial charge >= 0.3 is 0 Å². The Morgan fingerprint density at radius 1 is 1.14 bits per heavy atom. The molecule has 2 aliphatic heterocycles. The van der Waals surface area contributed by atoms with Crippen LogP contribution in [0.4, 0.5) is 14.6 Å². The van der Waals surface area contributed by atoms with Gasteiger partial charge in [0.05, 0.1) is 12.3 Å². The monoisotopic (exact) mass is 483 g/mol. The minimum atomic E-state index is -0.957. The predicted molar refractivity (Wildman–Crippen MR) is 135 cm³/mol. The van der Waals surface area contributed by atoms with Crippen LogP contribution in [0.5, 0.6) is 0 Å². The lowest BCUT2D eigenvalue weighted by Gasteiger charge is -2.37. The second-order valence-corrected chi connectivity index (χ2v) is 9.97. The number of ether oxygens (including phenoxy) is 1. The van der Waals surface area contributed by atoms with E-state index in [1.54, 1.807) is 6.07 Å². The van der Waals surface area contributed by atoms with Crippen molar-refractivity contribution in [2.45, 2.75) is 64.7 Å². The molecule has 188 valence electrons. The molecule has 2 fully saturated rings. The first-order valence-corrected chi connectivity index (χ1v) is 12.7. The van der Waals surface area contributed by atoms with E-state index >= 15 is 4.39 Å². The third-order valence-electron chi connectivity index (χ3n) is 7.65. The van der Waals surface area contributed by atoms with Crippen molar-refractivity contribution in [3.63, 3.8) is 0 Å². The molecule has 0 unspecified atom stereocenters. The Morgan fingerprint density at radius 3 is 2.57 bits per heavy atom. The molecule has 6 nitrogen and oxygen atoms in total. The van der Waals surface area contributed by atoms with Gasteiger partial charge in [0.1, 0.15) is 23.3 Å². The summed E-state index contributed by atoms with van der Waals surface area (Å²) in [4.78, 5) is 7.15. The average Bonchev–Trinajstić information content (AvgIpc) is 3.18. The van der Waals surface area contributed by atoms with Gasteiger partial charge in [-0.05, 0) is 68.9 Å². The van der Waals surface area contributed by atoms with Gasteiger partial charge in [0.2, 0.25) is 0 Å². The van der Waals surface area contributed by atoms with Gasteiger partial charge in [-0.3, -0.25) is 4.68 Å². The van der Waals surface area contributed by atoms with Crippen molar-refractivity contribution in [3.8, 4) is 11.3 Å². The number of benzene rings is 1. The van der Waals surface area contributed by atoms with Gasteiger partial charge in [0, 0.05) is 55.5 Å². The quantitative estimate of drug-likeness (QED) is 0.573. The normalized spacial score (nSPS) is 21.7. The zero-order valence-electron chi connectivity index (χ0n) is 21.1. The van der Waals surface area contributed by atoms with Crippen LogP contribution in [0, 0.1) is 19.7 Å². The summed E-state index contributed by atoms with van der Waals surface area (Å²) < 4.78 is 36.5. The number of fused-ring (bicyclic) bond motifs is 1. The number of hydrogen-bond acceptors (Lipinski definition) is 5. The summed E-state index contributed by atoms with van der Waals surface area (Å²) in [5.41, 5.74) is 5.25. The highest BCUT2D eigenvalue weighted by Gasteiger charge is 2.31. The molecule has 2 atom stereocenters. The van der Waals surface area contributed by atoms with E-state index in [2.05, 4.69) is 22.3 Å². The van der Waals surface area contributed by atoms with E-state index in [0.717, 1.165) is 71.6 Å². The smallest absolute Gasteiger partial charge is 0.149 e.